The molecule has 5 nitrogen and oxygen atoms in total. The normalized spacial score (nSPS) is 11.6. The Morgan fingerprint density at radius 1 is 0.929 bits per heavy atom. The first kappa shape index (κ1) is 18.3. The molecule has 0 saturated carbocycles. The molecule has 0 saturated heterocycles. The van der Waals surface area contributed by atoms with Crippen molar-refractivity contribution in [2.45, 2.75) is 18.2 Å². The van der Waals surface area contributed by atoms with E-state index in [2.05, 4.69) is 9.71 Å². The second-order valence-corrected chi connectivity index (χ2v) is 8.09. The smallest absolute Gasteiger partial charge is 0.262 e. The Morgan fingerprint density at radius 2 is 1.71 bits per heavy atom. The van der Waals surface area contributed by atoms with Crippen LogP contribution in [0.4, 0.5) is 5.69 Å². The van der Waals surface area contributed by atoms with Gasteiger partial charge in [0, 0.05) is 22.4 Å². The molecular formula is C22H20N2O3S. The van der Waals surface area contributed by atoms with E-state index in [4.69, 9.17) is 4.74 Å². The molecule has 0 amide bonds. The molecule has 0 atom stereocenters. The average Bonchev–Trinajstić information content (AvgIpc) is 2.72. The van der Waals surface area contributed by atoms with Crippen molar-refractivity contribution in [1.29, 1.82) is 0 Å². The summed E-state index contributed by atoms with van der Waals surface area (Å²) in [7, 11) is -3.81. The van der Waals surface area contributed by atoms with Crippen molar-refractivity contribution in [3.8, 4) is 5.75 Å². The SMILES string of the molecule is CCCOc1ccc(S(=O)(=O)Nc2cccc3cccnc23)c2ccccc12. The van der Waals surface area contributed by atoms with Crippen molar-refractivity contribution in [3.05, 3.63) is 72.9 Å². The number of ether oxygens (including phenoxy) is 1. The molecule has 0 radical (unpaired) electrons. The number of nitrogens with one attached hydrogen (secondary N) is 1. The number of sulfonamides is 1. The number of benzene rings is 3. The Morgan fingerprint density at radius 3 is 2.54 bits per heavy atom. The van der Waals surface area contributed by atoms with E-state index in [1.807, 2.05) is 49.4 Å². The van der Waals surface area contributed by atoms with E-state index in [0.29, 0.717) is 28.9 Å². The monoisotopic (exact) mass is 392 g/mol. The van der Waals surface area contributed by atoms with E-state index >= 15 is 0 Å². The Kier molecular flexibility index (Phi) is 4.88. The summed E-state index contributed by atoms with van der Waals surface area (Å²) < 4.78 is 34.9. The van der Waals surface area contributed by atoms with Gasteiger partial charge in [-0.15, -0.1) is 0 Å². The van der Waals surface area contributed by atoms with Crippen LogP contribution < -0.4 is 9.46 Å². The van der Waals surface area contributed by atoms with Crippen LogP contribution in [0.3, 0.4) is 0 Å². The summed E-state index contributed by atoms with van der Waals surface area (Å²) in [6.07, 6.45) is 2.53. The number of pyridine rings is 1. The minimum atomic E-state index is -3.81. The number of anilines is 1. The Balaban J connectivity index is 1.80. The summed E-state index contributed by atoms with van der Waals surface area (Å²) in [6.45, 7) is 2.61. The van der Waals surface area contributed by atoms with Crippen LogP contribution >= 0.6 is 0 Å². The summed E-state index contributed by atoms with van der Waals surface area (Å²) in [5.74, 6) is 0.684. The van der Waals surface area contributed by atoms with Gasteiger partial charge < -0.3 is 4.74 Å². The lowest BCUT2D eigenvalue weighted by Crippen LogP contribution is -2.14. The highest BCUT2D eigenvalue weighted by Gasteiger charge is 2.20. The fraction of sp³-hybridized carbons (Fsp3) is 0.136. The summed E-state index contributed by atoms with van der Waals surface area (Å²) in [5, 5.41) is 2.27. The summed E-state index contributed by atoms with van der Waals surface area (Å²) in [6, 6.07) is 19.8. The van der Waals surface area contributed by atoms with E-state index < -0.39 is 10.0 Å². The van der Waals surface area contributed by atoms with Crippen LogP contribution in [0.1, 0.15) is 13.3 Å². The summed E-state index contributed by atoms with van der Waals surface area (Å²) >= 11 is 0. The van der Waals surface area contributed by atoms with E-state index in [1.165, 1.54) is 0 Å². The average molecular weight is 392 g/mol. The first-order valence-corrected chi connectivity index (χ1v) is 10.6. The highest BCUT2D eigenvalue weighted by Crippen LogP contribution is 2.33. The first-order chi connectivity index (χ1) is 13.6. The van der Waals surface area contributed by atoms with Gasteiger partial charge >= 0.3 is 0 Å². The molecule has 0 spiro atoms. The lowest BCUT2D eigenvalue weighted by Gasteiger charge is -2.14. The predicted octanol–water partition coefficient (Wildman–Crippen LogP) is 4.98. The maximum atomic E-state index is 13.2. The molecule has 28 heavy (non-hydrogen) atoms. The summed E-state index contributed by atoms with van der Waals surface area (Å²) in [5.41, 5.74) is 1.06. The third-order valence-corrected chi connectivity index (χ3v) is 5.90. The van der Waals surface area contributed by atoms with Gasteiger partial charge in [-0.3, -0.25) is 9.71 Å². The zero-order valence-electron chi connectivity index (χ0n) is 15.4. The van der Waals surface area contributed by atoms with Gasteiger partial charge in [-0.1, -0.05) is 49.4 Å². The van der Waals surface area contributed by atoms with Crippen molar-refractivity contribution in [3.63, 3.8) is 0 Å². The second-order valence-electron chi connectivity index (χ2n) is 6.44. The van der Waals surface area contributed by atoms with Crippen molar-refractivity contribution in [2.75, 3.05) is 11.3 Å². The molecule has 0 aliphatic rings. The maximum Gasteiger partial charge on any atom is 0.262 e. The summed E-state index contributed by atoms with van der Waals surface area (Å²) in [4.78, 5) is 4.53. The molecular weight excluding hydrogens is 372 g/mol. The van der Waals surface area contributed by atoms with Crippen LogP contribution in [0.15, 0.2) is 77.8 Å². The Bertz CT molecular complexity index is 1250. The number of fused-ring (bicyclic) bond motifs is 2. The van der Waals surface area contributed by atoms with Gasteiger partial charge in [-0.25, -0.2) is 8.42 Å². The van der Waals surface area contributed by atoms with Crippen molar-refractivity contribution < 1.29 is 13.2 Å². The molecule has 6 heteroatoms. The lowest BCUT2D eigenvalue weighted by molar-refractivity contribution is 0.321. The Labute approximate surface area is 164 Å². The van der Waals surface area contributed by atoms with E-state index in [1.54, 1.807) is 30.5 Å². The Hall–Kier alpha value is -3.12. The lowest BCUT2D eigenvalue weighted by atomic mass is 10.1. The minimum Gasteiger partial charge on any atom is -0.493 e. The molecule has 1 N–H and O–H groups in total. The number of aromatic nitrogens is 1. The molecule has 4 aromatic rings. The van der Waals surface area contributed by atoms with E-state index in [-0.39, 0.29) is 4.90 Å². The van der Waals surface area contributed by atoms with Gasteiger partial charge in [-0.2, -0.15) is 0 Å². The molecule has 142 valence electrons. The molecule has 1 aromatic heterocycles. The number of hydrogen-bond donors (Lipinski definition) is 1. The molecule has 4 rings (SSSR count). The molecule has 0 aliphatic carbocycles. The number of rotatable bonds is 6. The zero-order chi connectivity index (χ0) is 19.6. The molecule has 0 unspecified atom stereocenters. The van der Waals surface area contributed by atoms with Gasteiger partial charge in [-0.05, 0) is 30.7 Å². The standard InChI is InChI=1S/C22H20N2O3S/c1-2-15-27-20-12-13-21(18-10-4-3-9-17(18)20)28(25,26)24-19-11-5-7-16-8-6-14-23-22(16)19/h3-14,24H,2,15H2,1H3. The highest BCUT2D eigenvalue weighted by molar-refractivity contribution is 7.93. The third kappa shape index (κ3) is 3.39. The molecule has 0 fully saturated rings. The van der Waals surface area contributed by atoms with Crippen LogP contribution in [0.2, 0.25) is 0 Å². The van der Waals surface area contributed by atoms with Crippen molar-refractivity contribution in [2.24, 2.45) is 0 Å². The van der Waals surface area contributed by atoms with Gasteiger partial charge in [0.1, 0.15) is 5.75 Å². The largest absolute Gasteiger partial charge is 0.493 e. The molecule has 3 aromatic carbocycles. The van der Waals surface area contributed by atoms with Crippen LogP contribution in [0.25, 0.3) is 21.7 Å². The van der Waals surface area contributed by atoms with Gasteiger partial charge in [0.05, 0.1) is 22.7 Å². The van der Waals surface area contributed by atoms with Crippen molar-refractivity contribution in [1.82, 2.24) is 4.98 Å². The van der Waals surface area contributed by atoms with Crippen LogP contribution in [0, 0.1) is 0 Å². The van der Waals surface area contributed by atoms with Crippen LogP contribution in [-0.2, 0) is 10.0 Å². The minimum absolute atomic E-state index is 0.208. The quantitative estimate of drug-likeness (QED) is 0.503. The molecule has 0 aliphatic heterocycles. The van der Waals surface area contributed by atoms with Gasteiger partial charge in [0.2, 0.25) is 0 Å². The number of nitrogens with zero attached hydrogens (tertiary/aromatic N) is 1. The van der Waals surface area contributed by atoms with Crippen LogP contribution in [-0.4, -0.2) is 20.0 Å². The van der Waals surface area contributed by atoms with E-state index in [9.17, 15) is 8.42 Å². The van der Waals surface area contributed by atoms with Gasteiger partial charge in [0.15, 0.2) is 0 Å². The third-order valence-electron chi connectivity index (χ3n) is 4.47. The van der Waals surface area contributed by atoms with Crippen molar-refractivity contribution >= 4 is 37.4 Å². The molecule has 0 bridgehead atoms. The zero-order valence-corrected chi connectivity index (χ0v) is 16.2. The second kappa shape index (κ2) is 7.48. The fourth-order valence-corrected chi connectivity index (χ4v) is 4.48. The number of hydrogen-bond acceptors (Lipinski definition) is 4. The fourth-order valence-electron chi connectivity index (χ4n) is 3.20. The van der Waals surface area contributed by atoms with Gasteiger partial charge in [0.25, 0.3) is 10.0 Å². The highest BCUT2D eigenvalue weighted by atomic mass is 32.2. The predicted molar refractivity (Wildman–Crippen MR) is 112 cm³/mol. The van der Waals surface area contributed by atoms with E-state index in [0.717, 1.165) is 17.2 Å². The van der Waals surface area contributed by atoms with Crippen LogP contribution in [0.5, 0.6) is 5.75 Å². The first-order valence-electron chi connectivity index (χ1n) is 9.11. The molecule has 1 heterocycles. The number of para-hydroxylation sites is 1. The topological polar surface area (TPSA) is 68.3 Å². The maximum absolute atomic E-state index is 13.2.